The molecule has 6 heteroatoms. The quantitative estimate of drug-likeness (QED) is 0.772. The lowest BCUT2D eigenvalue weighted by Crippen LogP contribution is -2.14. The van der Waals surface area contributed by atoms with Gasteiger partial charge in [-0.3, -0.25) is 14.4 Å². The van der Waals surface area contributed by atoms with Crippen LogP contribution in [0, 0.1) is 0 Å². The second kappa shape index (κ2) is 6.42. The number of para-hydroxylation sites is 1. The predicted molar refractivity (Wildman–Crippen MR) is 102 cm³/mol. The number of aromatic nitrogens is 2. The Morgan fingerprint density at radius 1 is 1.15 bits per heavy atom. The van der Waals surface area contributed by atoms with Crippen molar-refractivity contribution >= 4 is 23.2 Å². The number of nitrogens with zero attached hydrogens (tertiary/aromatic N) is 3. The summed E-state index contributed by atoms with van der Waals surface area (Å²) in [6.45, 7) is 2.31. The molecule has 0 atom stereocenters. The number of halogens is 1. The number of hydrogen-bond donors (Lipinski definition) is 1. The molecule has 5 nitrogen and oxygen atoms in total. The van der Waals surface area contributed by atoms with Crippen LogP contribution in [0.4, 0.5) is 0 Å². The fourth-order valence-corrected chi connectivity index (χ4v) is 3.59. The summed E-state index contributed by atoms with van der Waals surface area (Å²) in [6, 6.07) is 15.6. The summed E-state index contributed by atoms with van der Waals surface area (Å²) in [5.41, 5.74) is 10.1. The zero-order chi connectivity index (χ0) is 18.3. The van der Waals surface area contributed by atoms with Gasteiger partial charge in [-0.25, -0.2) is 4.98 Å². The molecular formula is C20H17ClN4O. The molecule has 1 aliphatic rings. The predicted octanol–water partition coefficient (Wildman–Crippen LogP) is 3.54. The molecular weight excluding hydrogens is 348 g/mol. The molecule has 0 saturated heterocycles. The van der Waals surface area contributed by atoms with Crippen LogP contribution in [0.1, 0.15) is 40.1 Å². The van der Waals surface area contributed by atoms with Crippen molar-refractivity contribution in [3.8, 4) is 5.69 Å². The lowest BCUT2D eigenvalue weighted by molar-refractivity contribution is 0.0995. The van der Waals surface area contributed by atoms with Crippen LogP contribution in [-0.2, 0) is 13.0 Å². The number of aliphatic imine (C=N–C) groups is 1. The van der Waals surface area contributed by atoms with Crippen LogP contribution in [0.15, 0.2) is 53.5 Å². The van der Waals surface area contributed by atoms with Crippen molar-refractivity contribution in [1.82, 2.24) is 9.55 Å². The van der Waals surface area contributed by atoms with Gasteiger partial charge in [0.15, 0.2) is 5.69 Å². The van der Waals surface area contributed by atoms with E-state index in [9.17, 15) is 4.79 Å². The lowest BCUT2D eigenvalue weighted by atomic mass is 10.0. The number of nitrogens with two attached hydrogens (primary N) is 1. The SMILES string of the molecule is CCc1nc(C(N)=O)c2n1-c1ccccc1C(c1ccccc1Cl)=NC2. The summed E-state index contributed by atoms with van der Waals surface area (Å²) in [6.07, 6.45) is 0.677. The monoisotopic (exact) mass is 364 g/mol. The van der Waals surface area contributed by atoms with Gasteiger partial charge in [0.05, 0.1) is 23.6 Å². The number of benzene rings is 2. The Labute approximate surface area is 156 Å². The minimum absolute atomic E-state index is 0.279. The van der Waals surface area contributed by atoms with E-state index < -0.39 is 5.91 Å². The molecule has 2 heterocycles. The Morgan fingerprint density at radius 2 is 1.85 bits per heavy atom. The summed E-state index contributed by atoms with van der Waals surface area (Å²) >= 11 is 6.43. The average Bonchev–Trinajstić information content (AvgIpc) is 2.94. The van der Waals surface area contributed by atoms with Gasteiger partial charge in [0.25, 0.3) is 5.91 Å². The number of hydrogen-bond acceptors (Lipinski definition) is 3. The van der Waals surface area contributed by atoms with Gasteiger partial charge < -0.3 is 5.73 Å². The van der Waals surface area contributed by atoms with E-state index in [-0.39, 0.29) is 5.69 Å². The van der Waals surface area contributed by atoms with Gasteiger partial charge in [0, 0.05) is 22.6 Å². The number of carbonyl (C=O) groups excluding carboxylic acids is 1. The molecule has 0 aliphatic carbocycles. The molecule has 3 aromatic rings. The van der Waals surface area contributed by atoms with Crippen molar-refractivity contribution in [2.75, 3.05) is 0 Å². The Morgan fingerprint density at radius 3 is 2.54 bits per heavy atom. The fraction of sp³-hybridized carbons (Fsp3) is 0.150. The van der Waals surface area contributed by atoms with Gasteiger partial charge in [0.1, 0.15) is 5.82 Å². The molecule has 2 N–H and O–H groups in total. The molecule has 1 amide bonds. The second-order valence-corrected chi connectivity index (χ2v) is 6.45. The maximum Gasteiger partial charge on any atom is 0.269 e. The van der Waals surface area contributed by atoms with E-state index >= 15 is 0 Å². The highest BCUT2D eigenvalue weighted by atomic mass is 35.5. The fourth-order valence-electron chi connectivity index (χ4n) is 3.36. The van der Waals surface area contributed by atoms with Gasteiger partial charge in [-0.1, -0.05) is 54.9 Å². The van der Waals surface area contributed by atoms with Gasteiger partial charge in [-0.05, 0) is 12.1 Å². The van der Waals surface area contributed by atoms with Crippen LogP contribution >= 0.6 is 11.6 Å². The first-order valence-corrected chi connectivity index (χ1v) is 8.79. The number of primary amides is 1. The summed E-state index contributed by atoms with van der Waals surface area (Å²) in [5.74, 6) is 0.249. The zero-order valence-electron chi connectivity index (χ0n) is 14.2. The van der Waals surface area contributed by atoms with Gasteiger partial charge >= 0.3 is 0 Å². The number of carbonyl (C=O) groups is 1. The topological polar surface area (TPSA) is 73.3 Å². The van der Waals surface area contributed by atoms with Crippen LogP contribution in [-0.4, -0.2) is 21.2 Å². The second-order valence-electron chi connectivity index (χ2n) is 6.04. The maximum absolute atomic E-state index is 11.9. The van der Waals surface area contributed by atoms with Crippen molar-refractivity contribution in [3.63, 3.8) is 0 Å². The third-order valence-corrected chi connectivity index (χ3v) is 4.84. The Hall–Kier alpha value is -2.92. The first kappa shape index (κ1) is 16.5. The average molecular weight is 365 g/mol. The molecule has 1 aliphatic heterocycles. The Kier molecular flexibility index (Phi) is 4.09. The van der Waals surface area contributed by atoms with Crippen molar-refractivity contribution < 1.29 is 4.79 Å². The summed E-state index contributed by atoms with van der Waals surface area (Å²) < 4.78 is 2.00. The normalized spacial score (nSPS) is 12.8. The molecule has 1 aromatic heterocycles. The van der Waals surface area contributed by atoms with E-state index in [4.69, 9.17) is 22.3 Å². The van der Waals surface area contributed by atoms with Gasteiger partial charge in [-0.2, -0.15) is 0 Å². The molecule has 2 aromatic carbocycles. The molecule has 0 radical (unpaired) electrons. The minimum Gasteiger partial charge on any atom is -0.364 e. The number of amides is 1. The van der Waals surface area contributed by atoms with Crippen LogP contribution < -0.4 is 5.73 Å². The Bertz CT molecular complexity index is 1050. The summed E-state index contributed by atoms with van der Waals surface area (Å²) in [5, 5.41) is 0.636. The highest BCUT2D eigenvalue weighted by molar-refractivity contribution is 6.35. The van der Waals surface area contributed by atoms with E-state index in [1.165, 1.54) is 0 Å². The number of fused-ring (bicyclic) bond motifs is 3. The third kappa shape index (κ3) is 2.52. The van der Waals surface area contributed by atoms with E-state index in [0.29, 0.717) is 23.7 Å². The van der Waals surface area contributed by atoms with Crippen molar-refractivity contribution in [1.29, 1.82) is 0 Å². The lowest BCUT2D eigenvalue weighted by Gasteiger charge is -2.14. The zero-order valence-corrected chi connectivity index (χ0v) is 15.0. The maximum atomic E-state index is 11.9. The van der Waals surface area contributed by atoms with Crippen LogP contribution in [0.5, 0.6) is 0 Å². The smallest absolute Gasteiger partial charge is 0.269 e. The Balaban J connectivity index is 2.03. The number of rotatable bonds is 3. The summed E-state index contributed by atoms with van der Waals surface area (Å²) in [4.78, 5) is 21.2. The molecule has 0 unspecified atom stereocenters. The van der Waals surface area contributed by atoms with Crippen LogP contribution in [0.3, 0.4) is 0 Å². The largest absolute Gasteiger partial charge is 0.364 e. The first-order valence-electron chi connectivity index (χ1n) is 8.41. The highest BCUT2D eigenvalue weighted by Gasteiger charge is 2.26. The van der Waals surface area contributed by atoms with Crippen molar-refractivity contribution in [2.24, 2.45) is 10.7 Å². The molecule has 0 bridgehead atoms. The molecule has 0 fully saturated rings. The van der Waals surface area contributed by atoms with E-state index in [2.05, 4.69) is 4.98 Å². The standard InChI is InChI=1S/C20H17ClN4O/c1-2-17-24-19(20(22)26)16-11-23-18(12-7-3-5-9-14(12)21)13-8-4-6-10-15(13)25(16)17/h3-10H,2,11H2,1H3,(H2,22,26). The highest BCUT2D eigenvalue weighted by Crippen LogP contribution is 2.30. The molecule has 26 heavy (non-hydrogen) atoms. The summed E-state index contributed by atoms with van der Waals surface area (Å²) in [7, 11) is 0. The molecule has 130 valence electrons. The number of aryl methyl sites for hydroxylation is 1. The van der Waals surface area contributed by atoms with E-state index in [1.54, 1.807) is 0 Å². The minimum atomic E-state index is -0.540. The van der Waals surface area contributed by atoms with E-state index in [0.717, 1.165) is 28.4 Å². The molecule has 0 spiro atoms. The van der Waals surface area contributed by atoms with Gasteiger partial charge in [0.2, 0.25) is 0 Å². The van der Waals surface area contributed by atoms with Crippen molar-refractivity contribution in [3.05, 3.63) is 81.9 Å². The van der Waals surface area contributed by atoms with Crippen molar-refractivity contribution in [2.45, 2.75) is 19.9 Å². The van der Waals surface area contributed by atoms with Gasteiger partial charge in [-0.15, -0.1) is 0 Å². The molecule has 0 saturated carbocycles. The van der Waals surface area contributed by atoms with Crippen LogP contribution in [0.25, 0.3) is 5.69 Å². The first-order chi connectivity index (χ1) is 12.6. The third-order valence-electron chi connectivity index (χ3n) is 4.51. The van der Waals surface area contributed by atoms with Crippen LogP contribution in [0.2, 0.25) is 5.02 Å². The number of imidazole rings is 1. The molecule has 4 rings (SSSR count). The van der Waals surface area contributed by atoms with E-state index in [1.807, 2.05) is 60.0 Å².